The fourth-order valence-electron chi connectivity index (χ4n) is 3.07. The maximum Gasteiger partial charge on any atom is 0.0245 e. The van der Waals surface area contributed by atoms with Gasteiger partial charge in [0.2, 0.25) is 0 Å². The first-order valence-corrected chi connectivity index (χ1v) is 7.33. The van der Waals surface area contributed by atoms with E-state index in [9.17, 15) is 0 Å². The molecule has 2 N–H and O–H groups in total. The van der Waals surface area contributed by atoms with E-state index in [0.29, 0.717) is 18.1 Å². The third-order valence-electron chi connectivity index (χ3n) is 4.28. The largest absolute Gasteiger partial charge is 0.326 e. The van der Waals surface area contributed by atoms with Gasteiger partial charge in [-0.25, -0.2) is 0 Å². The fraction of sp³-hybridized carbons (Fsp3) is 1.00. The molecule has 1 fully saturated rings. The average molecular weight is 241 g/mol. The van der Waals surface area contributed by atoms with Crippen LogP contribution >= 0.6 is 0 Å². The molecule has 0 spiro atoms. The Kier molecular flexibility index (Phi) is 6.45. The standard InChI is InChI=1S/C14H31N3/c1-5-8-13(15)14(7-3)17-10-9-16(4)12(6-2)11-17/h12-14H,5-11,15H2,1-4H3. The van der Waals surface area contributed by atoms with Crippen molar-refractivity contribution in [3.05, 3.63) is 0 Å². The lowest BCUT2D eigenvalue weighted by molar-refractivity contribution is 0.0509. The molecule has 0 aromatic rings. The molecule has 1 rings (SSSR count). The lowest BCUT2D eigenvalue weighted by Crippen LogP contribution is -2.58. The second kappa shape index (κ2) is 7.34. The lowest BCUT2D eigenvalue weighted by atomic mass is 9.98. The van der Waals surface area contributed by atoms with Gasteiger partial charge < -0.3 is 10.6 Å². The highest BCUT2D eigenvalue weighted by Crippen LogP contribution is 2.18. The van der Waals surface area contributed by atoms with Gasteiger partial charge in [0.05, 0.1) is 0 Å². The van der Waals surface area contributed by atoms with E-state index in [-0.39, 0.29) is 0 Å². The summed E-state index contributed by atoms with van der Waals surface area (Å²) in [5.74, 6) is 0. The molecule has 3 nitrogen and oxygen atoms in total. The Bertz CT molecular complexity index is 208. The summed E-state index contributed by atoms with van der Waals surface area (Å²) < 4.78 is 0. The van der Waals surface area contributed by atoms with E-state index in [1.165, 1.54) is 38.9 Å². The van der Waals surface area contributed by atoms with Gasteiger partial charge in [-0.2, -0.15) is 0 Å². The summed E-state index contributed by atoms with van der Waals surface area (Å²) >= 11 is 0. The van der Waals surface area contributed by atoms with E-state index >= 15 is 0 Å². The number of piperazine rings is 1. The summed E-state index contributed by atoms with van der Waals surface area (Å²) in [4.78, 5) is 5.13. The molecule has 0 aromatic heterocycles. The molecule has 3 unspecified atom stereocenters. The normalized spacial score (nSPS) is 27.0. The van der Waals surface area contributed by atoms with Crippen molar-refractivity contribution >= 4 is 0 Å². The van der Waals surface area contributed by atoms with Gasteiger partial charge >= 0.3 is 0 Å². The zero-order chi connectivity index (χ0) is 12.8. The smallest absolute Gasteiger partial charge is 0.0245 e. The molecule has 0 bridgehead atoms. The highest BCUT2D eigenvalue weighted by Gasteiger charge is 2.29. The number of nitrogens with zero attached hydrogens (tertiary/aromatic N) is 2. The van der Waals surface area contributed by atoms with Gasteiger partial charge in [-0.3, -0.25) is 4.90 Å². The van der Waals surface area contributed by atoms with Crippen LogP contribution in [0, 0.1) is 0 Å². The molecule has 0 radical (unpaired) electrons. The van der Waals surface area contributed by atoms with Crippen LogP contribution in [0.25, 0.3) is 0 Å². The van der Waals surface area contributed by atoms with Crippen molar-refractivity contribution in [1.82, 2.24) is 9.80 Å². The molecule has 0 amide bonds. The van der Waals surface area contributed by atoms with Crippen LogP contribution in [-0.4, -0.2) is 54.6 Å². The Balaban J connectivity index is 2.57. The van der Waals surface area contributed by atoms with E-state index in [1.807, 2.05) is 0 Å². The first kappa shape index (κ1) is 14.9. The average Bonchev–Trinajstić information content (AvgIpc) is 2.32. The zero-order valence-electron chi connectivity index (χ0n) is 12.2. The van der Waals surface area contributed by atoms with Crippen LogP contribution < -0.4 is 5.73 Å². The summed E-state index contributed by atoms with van der Waals surface area (Å²) in [6.45, 7) is 10.4. The SMILES string of the molecule is CCCC(N)C(CC)N1CCN(C)C(CC)C1. The van der Waals surface area contributed by atoms with Crippen molar-refractivity contribution in [2.24, 2.45) is 5.73 Å². The van der Waals surface area contributed by atoms with E-state index in [1.54, 1.807) is 0 Å². The van der Waals surface area contributed by atoms with Crippen LogP contribution in [0.1, 0.15) is 46.5 Å². The predicted molar refractivity (Wildman–Crippen MR) is 75.2 cm³/mol. The van der Waals surface area contributed by atoms with Gasteiger partial charge in [0.1, 0.15) is 0 Å². The van der Waals surface area contributed by atoms with Crippen LogP contribution in [0.3, 0.4) is 0 Å². The molecule has 1 saturated heterocycles. The van der Waals surface area contributed by atoms with Gasteiger partial charge in [0.25, 0.3) is 0 Å². The quantitative estimate of drug-likeness (QED) is 0.771. The second-order valence-electron chi connectivity index (χ2n) is 5.47. The van der Waals surface area contributed by atoms with Gasteiger partial charge in [-0.1, -0.05) is 27.2 Å². The lowest BCUT2D eigenvalue weighted by Gasteiger charge is -2.44. The summed E-state index contributed by atoms with van der Waals surface area (Å²) in [7, 11) is 2.25. The van der Waals surface area contributed by atoms with Crippen molar-refractivity contribution in [1.29, 1.82) is 0 Å². The van der Waals surface area contributed by atoms with Crippen molar-refractivity contribution in [2.75, 3.05) is 26.7 Å². The highest BCUT2D eigenvalue weighted by atomic mass is 15.3. The molecular weight excluding hydrogens is 210 g/mol. The van der Waals surface area contributed by atoms with Crippen LogP contribution in [0.15, 0.2) is 0 Å². The molecule has 1 heterocycles. The van der Waals surface area contributed by atoms with Gasteiger partial charge in [0, 0.05) is 37.8 Å². The van der Waals surface area contributed by atoms with Gasteiger partial charge in [0.15, 0.2) is 0 Å². The van der Waals surface area contributed by atoms with E-state index in [4.69, 9.17) is 5.73 Å². The molecule has 0 saturated carbocycles. The van der Waals surface area contributed by atoms with E-state index < -0.39 is 0 Å². The molecule has 1 aliphatic rings. The van der Waals surface area contributed by atoms with Crippen LogP contribution in [0.5, 0.6) is 0 Å². The predicted octanol–water partition coefficient (Wildman–Crippen LogP) is 1.92. The maximum atomic E-state index is 6.34. The molecular formula is C14H31N3. The Labute approximate surface area is 107 Å². The Morgan fingerprint density at radius 2 is 1.94 bits per heavy atom. The van der Waals surface area contributed by atoms with Gasteiger partial charge in [-0.05, 0) is 26.3 Å². The van der Waals surface area contributed by atoms with E-state index in [0.717, 1.165) is 6.42 Å². The zero-order valence-corrected chi connectivity index (χ0v) is 12.2. The fourth-order valence-corrected chi connectivity index (χ4v) is 3.07. The number of hydrogen-bond acceptors (Lipinski definition) is 3. The third kappa shape index (κ3) is 3.94. The minimum absolute atomic E-state index is 0.353. The summed E-state index contributed by atoms with van der Waals surface area (Å²) in [6.07, 6.45) is 4.78. The van der Waals surface area contributed by atoms with Crippen LogP contribution in [-0.2, 0) is 0 Å². The number of nitrogens with two attached hydrogens (primary N) is 1. The molecule has 0 aromatic carbocycles. The Morgan fingerprint density at radius 3 is 2.47 bits per heavy atom. The summed E-state index contributed by atoms with van der Waals surface area (Å²) in [6, 6.07) is 1.65. The minimum atomic E-state index is 0.353. The first-order valence-electron chi connectivity index (χ1n) is 7.33. The molecule has 102 valence electrons. The molecule has 1 aliphatic heterocycles. The van der Waals surface area contributed by atoms with E-state index in [2.05, 4.69) is 37.6 Å². The first-order chi connectivity index (χ1) is 8.13. The van der Waals surface area contributed by atoms with Gasteiger partial charge in [-0.15, -0.1) is 0 Å². The Morgan fingerprint density at radius 1 is 1.24 bits per heavy atom. The number of likely N-dealkylation sites (N-methyl/N-ethyl adjacent to an activating group) is 1. The molecule has 0 aliphatic carbocycles. The van der Waals surface area contributed by atoms with Crippen molar-refractivity contribution in [2.45, 2.75) is 64.6 Å². The molecule has 3 atom stereocenters. The molecule has 17 heavy (non-hydrogen) atoms. The monoisotopic (exact) mass is 241 g/mol. The van der Waals surface area contributed by atoms with Crippen LogP contribution in [0.2, 0.25) is 0 Å². The number of rotatable bonds is 6. The maximum absolute atomic E-state index is 6.34. The van der Waals surface area contributed by atoms with Crippen molar-refractivity contribution in [3.8, 4) is 0 Å². The van der Waals surface area contributed by atoms with Crippen molar-refractivity contribution < 1.29 is 0 Å². The highest BCUT2D eigenvalue weighted by molar-refractivity contribution is 4.87. The minimum Gasteiger partial charge on any atom is -0.326 e. The van der Waals surface area contributed by atoms with Crippen molar-refractivity contribution in [3.63, 3.8) is 0 Å². The topological polar surface area (TPSA) is 32.5 Å². The summed E-state index contributed by atoms with van der Waals surface area (Å²) in [5.41, 5.74) is 6.34. The number of hydrogen-bond donors (Lipinski definition) is 1. The van der Waals surface area contributed by atoms with Crippen LogP contribution in [0.4, 0.5) is 0 Å². The summed E-state index contributed by atoms with van der Waals surface area (Å²) in [5, 5.41) is 0. The second-order valence-corrected chi connectivity index (χ2v) is 5.47. The Hall–Kier alpha value is -0.120. The molecule has 3 heteroatoms. The third-order valence-corrected chi connectivity index (χ3v) is 4.28.